The second kappa shape index (κ2) is 7.81. The average Bonchev–Trinajstić information content (AvgIpc) is 2.42. The fraction of sp³-hybridized carbons (Fsp3) is 0.571. The first kappa shape index (κ1) is 16.4. The minimum absolute atomic E-state index is 0.0570. The Morgan fingerprint density at radius 3 is 1.45 bits per heavy atom. The van der Waals surface area contributed by atoms with Gasteiger partial charge in [-0.1, -0.05) is 0 Å². The number of ketones is 2. The molecule has 0 radical (unpaired) electrons. The topological polar surface area (TPSA) is 66.4 Å². The van der Waals surface area contributed by atoms with Gasteiger partial charge in [-0.3, -0.25) is 9.59 Å². The molecular formula is C14H22N4O2. The number of hydrogen-bond acceptors (Lipinski definition) is 6. The summed E-state index contributed by atoms with van der Waals surface area (Å²) in [6.45, 7) is 1.34. The molecule has 20 heavy (non-hydrogen) atoms. The van der Waals surface area contributed by atoms with Crippen LogP contribution in [0.4, 0.5) is 0 Å². The number of aromatic nitrogens is 2. The summed E-state index contributed by atoms with van der Waals surface area (Å²) in [5, 5.41) is 0. The SMILES string of the molecule is CN(C)CCC(=O)c1cnc(C(=O)CCN(C)C)cn1. The van der Waals surface area contributed by atoms with Crippen LogP contribution in [0.15, 0.2) is 12.4 Å². The molecular weight excluding hydrogens is 256 g/mol. The highest BCUT2D eigenvalue weighted by Gasteiger charge is 2.12. The first-order chi connectivity index (χ1) is 9.40. The van der Waals surface area contributed by atoms with Crippen molar-refractivity contribution in [2.24, 2.45) is 0 Å². The molecule has 0 spiro atoms. The Hall–Kier alpha value is -1.66. The number of carbonyl (C=O) groups is 2. The molecule has 0 N–H and O–H groups in total. The van der Waals surface area contributed by atoms with Gasteiger partial charge < -0.3 is 9.80 Å². The van der Waals surface area contributed by atoms with Gasteiger partial charge in [0.1, 0.15) is 11.4 Å². The van der Waals surface area contributed by atoms with Gasteiger partial charge in [0.15, 0.2) is 11.6 Å². The van der Waals surface area contributed by atoms with E-state index in [1.807, 2.05) is 38.0 Å². The van der Waals surface area contributed by atoms with E-state index in [0.717, 1.165) is 0 Å². The molecule has 0 aromatic carbocycles. The van der Waals surface area contributed by atoms with Crippen LogP contribution in [0.1, 0.15) is 33.8 Å². The summed E-state index contributed by atoms with van der Waals surface area (Å²) in [6, 6.07) is 0. The summed E-state index contributed by atoms with van der Waals surface area (Å²) in [5.74, 6) is -0.114. The fourth-order valence-electron chi connectivity index (χ4n) is 1.52. The maximum absolute atomic E-state index is 11.8. The average molecular weight is 278 g/mol. The van der Waals surface area contributed by atoms with Crippen molar-refractivity contribution in [1.29, 1.82) is 0 Å². The highest BCUT2D eigenvalue weighted by molar-refractivity contribution is 5.96. The Morgan fingerprint density at radius 1 is 0.850 bits per heavy atom. The van der Waals surface area contributed by atoms with Crippen LogP contribution < -0.4 is 0 Å². The summed E-state index contributed by atoms with van der Waals surface area (Å²) < 4.78 is 0. The van der Waals surface area contributed by atoms with Crippen molar-refractivity contribution in [1.82, 2.24) is 19.8 Å². The van der Waals surface area contributed by atoms with Gasteiger partial charge >= 0.3 is 0 Å². The van der Waals surface area contributed by atoms with Crippen LogP contribution in [0, 0.1) is 0 Å². The van der Waals surface area contributed by atoms with Crippen molar-refractivity contribution in [3.8, 4) is 0 Å². The van der Waals surface area contributed by atoms with E-state index < -0.39 is 0 Å². The third kappa shape index (κ3) is 5.54. The lowest BCUT2D eigenvalue weighted by Gasteiger charge is -2.09. The summed E-state index contributed by atoms with van der Waals surface area (Å²) in [7, 11) is 7.63. The molecule has 0 aliphatic carbocycles. The predicted octanol–water partition coefficient (Wildman–Crippen LogP) is 0.745. The number of Topliss-reactive ketones (excluding diaryl/α,β-unsaturated/α-hetero) is 2. The molecule has 0 bridgehead atoms. The molecule has 0 aliphatic heterocycles. The van der Waals surface area contributed by atoms with E-state index in [1.54, 1.807) is 0 Å². The number of rotatable bonds is 8. The number of nitrogens with zero attached hydrogens (tertiary/aromatic N) is 4. The van der Waals surface area contributed by atoms with Gasteiger partial charge in [-0.15, -0.1) is 0 Å². The van der Waals surface area contributed by atoms with Crippen LogP contribution in [-0.2, 0) is 0 Å². The lowest BCUT2D eigenvalue weighted by atomic mass is 10.2. The summed E-state index contributed by atoms with van der Waals surface area (Å²) in [5.41, 5.74) is 0.631. The smallest absolute Gasteiger partial charge is 0.184 e. The quantitative estimate of drug-likeness (QED) is 0.654. The van der Waals surface area contributed by atoms with Crippen molar-refractivity contribution < 1.29 is 9.59 Å². The van der Waals surface area contributed by atoms with Crippen LogP contribution in [-0.4, -0.2) is 72.6 Å². The number of hydrogen-bond donors (Lipinski definition) is 0. The molecule has 0 aliphatic rings. The van der Waals surface area contributed by atoms with E-state index in [1.165, 1.54) is 12.4 Å². The lowest BCUT2D eigenvalue weighted by molar-refractivity contribution is 0.0953. The van der Waals surface area contributed by atoms with Crippen LogP contribution in [0.5, 0.6) is 0 Å². The third-order valence-electron chi connectivity index (χ3n) is 2.80. The first-order valence-corrected chi connectivity index (χ1v) is 6.58. The molecule has 0 saturated heterocycles. The van der Waals surface area contributed by atoms with Gasteiger partial charge in [0.05, 0.1) is 12.4 Å². The third-order valence-corrected chi connectivity index (χ3v) is 2.80. The van der Waals surface area contributed by atoms with Crippen LogP contribution >= 0.6 is 0 Å². The molecule has 6 heteroatoms. The highest BCUT2D eigenvalue weighted by Crippen LogP contribution is 2.03. The molecule has 0 saturated carbocycles. The van der Waals surface area contributed by atoms with Crippen LogP contribution in [0.25, 0.3) is 0 Å². The van der Waals surface area contributed by atoms with E-state index >= 15 is 0 Å². The molecule has 1 heterocycles. The zero-order valence-corrected chi connectivity index (χ0v) is 12.6. The van der Waals surface area contributed by atoms with Gasteiger partial charge in [-0.05, 0) is 28.2 Å². The Morgan fingerprint density at radius 2 is 1.20 bits per heavy atom. The monoisotopic (exact) mass is 278 g/mol. The van der Waals surface area contributed by atoms with E-state index in [9.17, 15) is 9.59 Å². The number of carbonyl (C=O) groups excluding carboxylic acids is 2. The summed E-state index contributed by atoms with van der Waals surface area (Å²) in [6.07, 6.45) is 3.58. The van der Waals surface area contributed by atoms with E-state index in [-0.39, 0.29) is 11.6 Å². The van der Waals surface area contributed by atoms with E-state index in [0.29, 0.717) is 37.3 Å². The van der Waals surface area contributed by atoms with E-state index in [4.69, 9.17) is 0 Å². The second-order valence-corrected chi connectivity index (χ2v) is 5.24. The molecule has 1 rings (SSSR count). The highest BCUT2D eigenvalue weighted by atomic mass is 16.1. The summed E-state index contributed by atoms with van der Waals surface area (Å²) in [4.78, 5) is 35.6. The predicted molar refractivity (Wildman–Crippen MR) is 77.0 cm³/mol. The Labute approximate surface area is 119 Å². The first-order valence-electron chi connectivity index (χ1n) is 6.58. The fourth-order valence-corrected chi connectivity index (χ4v) is 1.52. The lowest BCUT2D eigenvalue weighted by Crippen LogP contribution is -2.19. The van der Waals surface area contributed by atoms with Crippen LogP contribution in [0.3, 0.4) is 0 Å². The van der Waals surface area contributed by atoms with Gasteiger partial charge in [-0.25, -0.2) is 9.97 Å². The Balaban J connectivity index is 2.59. The molecule has 1 aromatic heterocycles. The molecule has 0 unspecified atom stereocenters. The standard InChI is InChI=1S/C14H22N4O2/c1-17(2)7-5-13(19)11-9-16-12(10-15-11)14(20)6-8-18(3)4/h9-10H,5-8H2,1-4H3. The normalized spacial score (nSPS) is 11.1. The Kier molecular flexibility index (Phi) is 6.41. The van der Waals surface area contributed by atoms with Crippen molar-refractivity contribution in [2.45, 2.75) is 12.8 Å². The van der Waals surface area contributed by atoms with Crippen LogP contribution in [0.2, 0.25) is 0 Å². The summed E-state index contributed by atoms with van der Waals surface area (Å²) >= 11 is 0. The maximum Gasteiger partial charge on any atom is 0.184 e. The van der Waals surface area contributed by atoms with Crippen molar-refractivity contribution in [3.63, 3.8) is 0 Å². The van der Waals surface area contributed by atoms with Crippen molar-refractivity contribution >= 4 is 11.6 Å². The molecule has 110 valence electrons. The zero-order valence-electron chi connectivity index (χ0n) is 12.6. The van der Waals surface area contributed by atoms with Crippen molar-refractivity contribution in [3.05, 3.63) is 23.8 Å². The Bertz CT molecular complexity index is 412. The molecule has 0 atom stereocenters. The van der Waals surface area contributed by atoms with Gasteiger partial charge in [0.2, 0.25) is 0 Å². The molecule has 0 amide bonds. The minimum Gasteiger partial charge on any atom is -0.309 e. The molecule has 0 fully saturated rings. The molecule has 1 aromatic rings. The van der Waals surface area contributed by atoms with Gasteiger partial charge in [0.25, 0.3) is 0 Å². The van der Waals surface area contributed by atoms with Crippen molar-refractivity contribution in [2.75, 3.05) is 41.3 Å². The molecule has 6 nitrogen and oxygen atoms in total. The van der Waals surface area contributed by atoms with Gasteiger partial charge in [-0.2, -0.15) is 0 Å². The largest absolute Gasteiger partial charge is 0.309 e. The second-order valence-electron chi connectivity index (χ2n) is 5.24. The zero-order chi connectivity index (χ0) is 15.1. The van der Waals surface area contributed by atoms with Gasteiger partial charge in [0, 0.05) is 25.9 Å². The maximum atomic E-state index is 11.8. The minimum atomic E-state index is -0.0570. The van der Waals surface area contributed by atoms with E-state index in [2.05, 4.69) is 9.97 Å².